The standard InChI is InChI=1S/C17H13ClN2O2/c1-11-9-14(20(21)22)6-4-13(11)10-15-16(18)7-5-12-3-2-8-19-17(12)15/h2-9H,10H2,1H3. The minimum Gasteiger partial charge on any atom is -0.258 e. The van der Waals surface area contributed by atoms with Gasteiger partial charge < -0.3 is 0 Å². The summed E-state index contributed by atoms with van der Waals surface area (Å²) in [6.07, 6.45) is 2.34. The van der Waals surface area contributed by atoms with E-state index in [1.54, 1.807) is 18.3 Å². The second-order valence-corrected chi connectivity index (χ2v) is 5.55. The normalized spacial score (nSPS) is 10.8. The average molecular weight is 313 g/mol. The van der Waals surface area contributed by atoms with Gasteiger partial charge in [0.25, 0.3) is 5.69 Å². The molecule has 4 nitrogen and oxygen atoms in total. The fraction of sp³-hybridized carbons (Fsp3) is 0.118. The van der Waals surface area contributed by atoms with Crippen LogP contribution in [0.5, 0.6) is 0 Å². The van der Waals surface area contributed by atoms with Crippen molar-refractivity contribution >= 4 is 28.2 Å². The predicted molar refractivity (Wildman–Crippen MR) is 87.4 cm³/mol. The van der Waals surface area contributed by atoms with Crippen LogP contribution in [-0.2, 0) is 6.42 Å². The maximum absolute atomic E-state index is 10.8. The van der Waals surface area contributed by atoms with Crippen molar-refractivity contribution in [1.29, 1.82) is 0 Å². The Morgan fingerprint density at radius 2 is 2.05 bits per heavy atom. The molecule has 3 rings (SSSR count). The van der Waals surface area contributed by atoms with Crippen LogP contribution in [0.25, 0.3) is 10.9 Å². The van der Waals surface area contributed by atoms with Crippen LogP contribution < -0.4 is 0 Å². The molecule has 22 heavy (non-hydrogen) atoms. The molecule has 0 atom stereocenters. The van der Waals surface area contributed by atoms with Crippen LogP contribution in [0.3, 0.4) is 0 Å². The molecule has 0 aliphatic rings. The Bertz CT molecular complexity index is 878. The van der Waals surface area contributed by atoms with Crippen LogP contribution in [0, 0.1) is 17.0 Å². The number of aromatic nitrogens is 1. The first-order valence-corrected chi connectivity index (χ1v) is 7.20. The quantitative estimate of drug-likeness (QED) is 0.520. The lowest BCUT2D eigenvalue weighted by Crippen LogP contribution is -1.97. The average Bonchev–Trinajstić information content (AvgIpc) is 2.51. The first kappa shape index (κ1) is 14.5. The Labute approximate surface area is 132 Å². The minimum atomic E-state index is -0.386. The summed E-state index contributed by atoms with van der Waals surface area (Å²) in [7, 11) is 0. The molecule has 0 saturated carbocycles. The third-order valence-corrected chi connectivity index (χ3v) is 4.08. The van der Waals surface area contributed by atoms with E-state index in [9.17, 15) is 10.1 Å². The van der Waals surface area contributed by atoms with E-state index >= 15 is 0 Å². The van der Waals surface area contributed by atoms with Crippen molar-refractivity contribution < 1.29 is 4.92 Å². The summed E-state index contributed by atoms with van der Waals surface area (Å²) in [5.74, 6) is 0. The van der Waals surface area contributed by atoms with Gasteiger partial charge in [-0.15, -0.1) is 0 Å². The van der Waals surface area contributed by atoms with Crippen LogP contribution in [0.1, 0.15) is 16.7 Å². The number of hydrogen-bond donors (Lipinski definition) is 0. The first-order valence-electron chi connectivity index (χ1n) is 6.82. The zero-order valence-electron chi connectivity index (χ0n) is 11.9. The summed E-state index contributed by atoms with van der Waals surface area (Å²) in [5.41, 5.74) is 3.79. The molecule has 1 aromatic heterocycles. The van der Waals surface area contributed by atoms with Gasteiger partial charge >= 0.3 is 0 Å². The molecule has 3 aromatic rings. The molecule has 0 spiro atoms. The second kappa shape index (κ2) is 5.73. The molecule has 0 unspecified atom stereocenters. The molecule has 0 N–H and O–H groups in total. The minimum absolute atomic E-state index is 0.100. The molecule has 0 amide bonds. The lowest BCUT2D eigenvalue weighted by atomic mass is 9.98. The van der Waals surface area contributed by atoms with Gasteiger partial charge in [0.15, 0.2) is 0 Å². The van der Waals surface area contributed by atoms with Crippen LogP contribution in [0.15, 0.2) is 48.7 Å². The fourth-order valence-electron chi connectivity index (χ4n) is 2.53. The molecular formula is C17H13ClN2O2. The van der Waals surface area contributed by atoms with Gasteiger partial charge in [-0.25, -0.2) is 0 Å². The number of halogens is 1. The predicted octanol–water partition coefficient (Wildman–Crippen LogP) is 4.70. The van der Waals surface area contributed by atoms with E-state index in [0.717, 1.165) is 27.6 Å². The van der Waals surface area contributed by atoms with Gasteiger partial charge in [-0.2, -0.15) is 0 Å². The lowest BCUT2D eigenvalue weighted by molar-refractivity contribution is -0.384. The van der Waals surface area contributed by atoms with Gasteiger partial charge in [0.05, 0.1) is 10.4 Å². The van der Waals surface area contributed by atoms with Crippen LogP contribution in [0.4, 0.5) is 5.69 Å². The molecule has 0 bridgehead atoms. The Kier molecular flexibility index (Phi) is 3.77. The monoisotopic (exact) mass is 312 g/mol. The number of benzene rings is 2. The summed E-state index contributed by atoms with van der Waals surface area (Å²) in [6.45, 7) is 1.87. The van der Waals surface area contributed by atoms with Gasteiger partial charge in [0.1, 0.15) is 0 Å². The van der Waals surface area contributed by atoms with Crippen LogP contribution in [-0.4, -0.2) is 9.91 Å². The highest BCUT2D eigenvalue weighted by Gasteiger charge is 2.12. The Morgan fingerprint density at radius 3 is 2.77 bits per heavy atom. The van der Waals surface area contributed by atoms with Crippen molar-refractivity contribution in [3.8, 4) is 0 Å². The maximum atomic E-state index is 10.8. The first-order chi connectivity index (χ1) is 10.6. The van der Waals surface area contributed by atoms with E-state index in [0.29, 0.717) is 11.4 Å². The van der Waals surface area contributed by atoms with Crippen molar-refractivity contribution in [2.75, 3.05) is 0 Å². The molecular weight excluding hydrogens is 300 g/mol. The van der Waals surface area contributed by atoms with Crippen LogP contribution >= 0.6 is 11.6 Å². The largest absolute Gasteiger partial charge is 0.269 e. The smallest absolute Gasteiger partial charge is 0.258 e. The third kappa shape index (κ3) is 2.65. The van der Waals surface area contributed by atoms with E-state index in [-0.39, 0.29) is 10.6 Å². The number of non-ortho nitro benzene ring substituents is 1. The highest BCUT2D eigenvalue weighted by atomic mass is 35.5. The number of nitro benzene ring substituents is 1. The maximum Gasteiger partial charge on any atom is 0.269 e. The third-order valence-electron chi connectivity index (χ3n) is 3.73. The zero-order chi connectivity index (χ0) is 15.7. The number of aryl methyl sites for hydroxylation is 1. The number of pyridine rings is 1. The summed E-state index contributed by atoms with van der Waals surface area (Å²) in [4.78, 5) is 14.9. The van der Waals surface area contributed by atoms with E-state index < -0.39 is 0 Å². The van der Waals surface area contributed by atoms with E-state index in [1.807, 2.05) is 31.2 Å². The van der Waals surface area contributed by atoms with Crippen molar-refractivity contribution in [3.05, 3.63) is 80.5 Å². The molecule has 0 aliphatic heterocycles. The Morgan fingerprint density at radius 1 is 1.23 bits per heavy atom. The molecule has 0 radical (unpaired) electrons. The summed E-state index contributed by atoms with van der Waals surface area (Å²) < 4.78 is 0. The fourth-order valence-corrected chi connectivity index (χ4v) is 2.75. The lowest BCUT2D eigenvalue weighted by Gasteiger charge is -2.10. The molecule has 2 aromatic carbocycles. The Balaban J connectivity index is 2.07. The summed E-state index contributed by atoms with van der Waals surface area (Å²) in [5, 5.41) is 12.5. The molecule has 110 valence electrons. The van der Waals surface area contributed by atoms with Crippen molar-refractivity contribution in [1.82, 2.24) is 4.98 Å². The number of hydrogen-bond acceptors (Lipinski definition) is 3. The topological polar surface area (TPSA) is 56.0 Å². The molecule has 5 heteroatoms. The molecule has 0 fully saturated rings. The van der Waals surface area contributed by atoms with Crippen molar-refractivity contribution in [3.63, 3.8) is 0 Å². The number of nitrogens with zero attached hydrogens (tertiary/aromatic N) is 2. The van der Waals surface area contributed by atoms with Gasteiger partial charge in [-0.05, 0) is 30.2 Å². The second-order valence-electron chi connectivity index (χ2n) is 5.15. The van der Waals surface area contributed by atoms with Gasteiger partial charge in [-0.1, -0.05) is 29.8 Å². The summed E-state index contributed by atoms with van der Waals surface area (Å²) in [6, 6.07) is 12.6. The van der Waals surface area contributed by atoms with Gasteiger partial charge in [-0.3, -0.25) is 15.1 Å². The Hall–Kier alpha value is -2.46. The van der Waals surface area contributed by atoms with Gasteiger partial charge in [0.2, 0.25) is 0 Å². The van der Waals surface area contributed by atoms with E-state index in [2.05, 4.69) is 4.98 Å². The molecule has 0 aliphatic carbocycles. The van der Waals surface area contributed by atoms with Crippen molar-refractivity contribution in [2.45, 2.75) is 13.3 Å². The molecule has 0 saturated heterocycles. The van der Waals surface area contributed by atoms with Gasteiger partial charge in [0, 0.05) is 40.7 Å². The summed E-state index contributed by atoms with van der Waals surface area (Å²) >= 11 is 6.34. The number of fused-ring (bicyclic) bond motifs is 1. The highest BCUT2D eigenvalue weighted by molar-refractivity contribution is 6.32. The number of nitro groups is 1. The molecule has 1 heterocycles. The van der Waals surface area contributed by atoms with E-state index in [1.165, 1.54) is 6.07 Å². The van der Waals surface area contributed by atoms with Crippen molar-refractivity contribution in [2.24, 2.45) is 0 Å². The van der Waals surface area contributed by atoms with Crippen LogP contribution in [0.2, 0.25) is 5.02 Å². The zero-order valence-corrected chi connectivity index (χ0v) is 12.7. The highest BCUT2D eigenvalue weighted by Crippen LogP contribution is 2.28. The number of rotatable bonds is 3. The SMILES string of the molecule is Cc1cc([N+](=O)[O-])ccc1Cc1c(Cl)ccc2cccnc12. The van der Waals surface area contributed by atoms with E-state index in [4.69, 9.17) is 11.6 Å².